The Kier molecular flexibility index (Phi) is 13.9. The molecular formula is C34H36F17N3O6. The van der Waals surface area contributed by atoms with E-state index in [1.807, 2.05) is 0 Å². The number of hydrogen-bond donors (Lipinski definition) is 1. The fourth-order valence-corrected chi connectivity index (χ4v) is 6.91. The molecule has 4 atom stereocenters. The van der Waals surface area contributed by atoms with Crippen molar-refractivity contribution in [2.75, 3.05) is 33.4 Å². The van der Waals surface area contributed by atoms with Gasteiger partial charge in [0.2, 0.25) is 17.7 Å². The molecule has 342 valence electrons. The molecule has 0 radical (unpaired) electrons. The molecule has 0 aliphatic carbocycles. The number of halogens is 17. The number of likely N-dealkylation sites (tertiary alicyclic amines) is 2. The van der Waals surface area contributed by atoms with Gasteiger partial charge in [-0.1, -0.05) is 25.5 Å². The molecule has 9 nitrogen and oxygen atoms in total. The molecule has 1 N–H and O–H groups in total. The van der Waals surface area contributed by atoms with Crippen molar-refractivity contribution in [3.05, 3.63) is 29.8 Å². The van der Waals surface area contributed by atoms with E-state index in [1.54, 1.807) is 6.92 Å². The Morgan fingerprint density at radius 2 is 1.23 bits per heavy atom. The zero-order valence-electron chi connectivity index (χ0n) is 31.5. The molecule has 0 bridgehead atoms. The van der Waals surface area contributed by atoms with E-state index in [-0.39, 0.29) is 24.4 Å². The molecule has 2 heterocycles. The SMILES string of the molecule is CCCCNCC(=O)N1[C@H](c2ccc(OC)cc2)[C@@H]2C(=O)N(CC)C(=O)[C@@H]2[C@@]1(C)C(=O)OCCCC(F)(F)C(F)(F)C(F)(F)C(F)(F)C(F)(F)C(F)(F)C(F)(F)C(F)(F)F. The number of nitrogens with zero attached hydrogens (tertiary/aromatic N) is 2. The number of alkyl halides is 17. The zero-order valence-corrected chi connectivity index (χ0v) is 31.5. The van der Waals surface area contributed by atoms with Crippen molar-refractivity contribution in [3.63, 3.8) is 0 Å². The minimum Gasteiger partial charge on any atom is -0.497 e. The van der Waals surface area contributed by atoms with Gasteiger partial charge in [0.1, 0.15) is 5.75 Å². The quantitative estimate of drug-likeness (QED) is 0.0658. The Bertz CT molecular complexity index is 1760. The normalized spacial score (nSPS) is 22.4. The predicted octanol–water partition coefficient (Wildman–Crippen LogP) is 7.68. The number of benzene rings is 1. The number of hydrogen-bond acceptors (Lipinski definition) is 7. The number of carbonyl (C=O) groups excluding carboxylic acids is 4. The lowest BCUT2D eigenvalue weighted by Gasteiger charge is -2.42. The summed E-state index contributed by atoms with van der Waals surface area (Å²) in [5, 5.41) is 2.79. The number of imide groups is 1. The van der Waals surface area contributed by atoms with Gasteiger partial charge in [-0.2, -0.15) is 74.6 Å². The maximum Gasteiger partial charge on any atom is 0.460 e. The van der Waals surface area contributed by atoms with Crippen molar-refractivity contribution in [2.45, 2.75) is 106 Å². The van der Waals surface area contributed by atoms with Crippen LogP contribution in [-0.4, -0.2) is 120 Å². The molecular weight excluding hydrogens is 869 g/mol. The zero-order chi connectivity index (χ0) is 46.5. The smallest absolute Gasteiger partial charge is 0.460 e. The number of ether oxygens (including phenoxy) is 2. The van der Waals surface area contributed by atoms with E-state index in [9.17, 15) is 93.8 Å². The average Bonchev–Trinajstić information content (AvgIpc) is 3.58. The van der Waals surface area contributed by atoms with E-state index in [4.69, 9.17) is 9.47 Å². The largest absolute Gasteiger partial charge is 0.497 e. The molecule has 3 amide bonds. The Hall–Kier alpha value is -4.13. The summed E-state index contributed by atoms with van der Waals surface area (Å²) in [5.74, 6) is -65.2. The minimum absolute atomic E-state index is 0.147. The second-order valence-electron chi connectivity index (χ2n) is 14.0. The first-order chi connectivity index (χ1) is 27.2. The van der Waals surface area contributed by atoms with E-state index in [0.717, 1.165) is 16.7 Å². The van der Waals surface area contributed by atoms with Crippen LogP contribution in [0.15, 0.2) is 24.3 Å². The van der Waals surface area contributed by atoms with Crippen LogP contribution in [0.5, 0.6) is 5.75 Å². The molecule has 0 aromatic heterocycles. The molecule has 60 heavy (non-hydrogen) atoms. The summed E-state index contributed by atoms with van der Waals surface area (Å²) in [6, 6.07) is 4.07. The third kappa shape index (κ3) is 7.59. The maximum atomic E-state index is 14.6. The summed E-state index contributed by atoms with van der Waals surface area (Å²) in [5.41, 5.74) is -2.42. The standard InChI is InChI=1S/C34H36F17N3O6/c1-5-7-14-52-16-19(55)54-22(17-9-11-18(59-4)12-10-17)20-21(24(57)53(6-2)23(20)56)26(54,3)25(58)60-15-8-13-27(35,36)28(37,38)29(39,40)30(41,42)31(43,44)32(45,46)33(47,48)34(49,50)51/h9-12,20-22,52H,5-8,13-16H2,1-4H3/t20-,21-,22-,26+/m1/s1. The van der Waals surface area contributed by atoms with Crippen LogP contribution in [0.4, 0.5) is 74.6 Å². The molecule has 2 fully saturated rings. The van der Waals surface area contributed by atoms with E-state index in [0.29, 0.717) is 12.8 Å². The van der Waals surface area contributed by atoms with Crippen LogP contribution >= 0.6 is 0 Å². The highest BCUT2D eigenvalue weighted by molar-refractivity contribution is 6.10. The van der Waals surface area contributed by atoms with Gasteiger partial charge in [-0.3, -0.25) is 19.3 Å². The second kappa shape index (κ2) is 16.6. The van der Waals surface area contributed by atoms with Crippen LogP contribution < -0.4 is 10.1 Å². The Labute approximate surface area is 328 Å². The van der Waals surface area contributed by atoms with Gasteiger partial charge in [-0.25, -0.2) is 4.79 Å². The van der Waals surface area contributed by atoms with Crippen molar-refractivity contribution in [1.82, 2.24) is 15.1 Å². The Balaban J connectivity index is 1.97. The lowest BCUT2D eigenvalue weighted by atomic mass is 9.80. The summed E-state index contributed by atoms with van der Waals surface area (Å²) in [4.78, 5) is 56.7. The van der Waals surface area contributed by atoms with Crippen molar-refractivity contribution in [2.24, 2.45) is 11.8 Å². The van der Waals surface area contributed by atoms with Crippen LogP contribution in [0.2, 0.25) is 0 Å². The van der Waals surface area contributed by atoms with Crippen molar-refractivity contribution >= 4 is 23.7 Å². The lowest BCUT2D eigenvalue weighted by molar-refractivity contribution is -0.461. The maximum absolute atomic E-state index is 14.6. The minimum atomic E-state index is -8.78. The molecule has 2 saturated heterocycles. The summed E-state index contributed by atoms with van der Waals surface area (Å²) >= 11 is 0. The molecule has 0 spiro atoms. The van der Waals surface area contributed by atoms with Crippen LogP contribution in [0.3, 0.4) is 0 Å². The van der Waals surface area contributed by atoms with E-state index >= 15 is 0 Å². The number of methoxy groups -OCH3 is 1. The highest BCUT2D eigenvalue weighted by atomic mass is 19.4. The Morgan fingerprint density at radius 3 is 1.70 bits per heavy atom. The highest BCUT2D eigenvalue weighted by Gasteiger charge is 2.95. The summed E-state index contributed by atoms with van der Waals surface area (Å²) < 4.78 is 243. The van der Waals surface area contributed by atoms with Gasteiger partial charge in [-0.15, -0.1) is 0 Å². The van der Waals surface area contributed by atoms with Crippen molar-refractivity contribution < 1.29 is 103 Å². The van der Waals surface area contributed by atoms with E-state index in [2.05, 4.69) is 5.32 Å². The number of nitrogens with one attached hydrogen (secondary N) is 1. The number of rotatable bonds is 19. The number of amides is 3. The van der Waals surface area contributed by atoms with Crippen molar-refractivity contribution in [1.29, 1.82) is 0 Å². The summed E-state index contributed by atoms with van der Waals surface area (Å²) in [6.07, 6.45) is -11.4. The molecule has 1 aromatic carbocycles. The lowest BCUT2D eigenvalue weighted by Crippen LogP contribution is -2.74. The predicted molar refractivity (Wildman–Crippen MR) is 169 cm³/mol. The van der Waals surface area contributed by atoms with Gasteiger partial charge in [0.25, 0.3) is 0 Å². The molecule has 0 unspecified atom stereocenters. The van der Waals surface area contributed by atoms with Gasteiger partial charge in [0.05, 0.1) is 38.1 Å². The summed E-state index contributed by atoms with van der Waals surface area (Å²) in [6.45, 7) is 1.91. The van der Waals surface area contributed by atoms with E-state index in [1.165, 1.54) is 38.3 Å². The third-order valence-electron chi connectivity index (χ3n) is 10.3. The van der Waals surface area contributed by atoms with E-state index < -0.39 is 121 Å². The van der Waals surface area contributed by atoms with Gasteiger partial charge in [-0.05, 0) is 50.9 Å². The third-order valence-corrected chi connectivity index (χ3v) is 10.3. The molecule has 2 aliphatic rings. The molecule has 1 aromatic rings. The topological polar surface area (TPSA) is 105 Å². The van der Waals surface area contributed by atoms with Crippen molar-refractivity contribution in [3.8, 4) is 5.75 Å². The van der Waals surface area contributed by atoms with Crippen LogP contribution in [-0.2, 0) is 23.9 Å². The average molecular weight is 906 g/mol. The van der Waals surface area contributed by atoms with Gasteiger partial charge >= 0.3 is 53.6 Å². The molecule has 3 rings (SSSR count). The van der Waals surface area contributed by atoms with Gasteiger partial charge < -0.3 is 19.7 Å². The fraction of sp³-hybridized carbons (Fsp3) is 0.706. The molecule has 26 heteroatoms. The van der Waals surface area contributed by atoms with Gasteiger partial charge in [0.15, 0.2) is 5.54 Å². The monoisotopic (exact) mass is 905 g/mol. The van der Waals surface area contributed by atoms with Gasteiger partial charge in [0, 0.05) is 13.0 Å². The molecule has 0 saturated carbocycles. The number of esters is 1. The first kappa shape index (κ1) is 50.2. The Morgan fingerprint density at radius 1 is 0.733 bits per heavy atom. The summed E-state index contributed by atoms with van der Waals surface area (Å²) in [7, 11) is 1.30. The fourth-order valence-electron chi connectivity index (χ4n) is 6.91. The van der Waals surface area contributed by atoms with Crippen LogP contribution in [0.1, 0.15) is 58.1 Å². The van der Waals surface area contributed by atoms with Crippen LogP contribution in [0, 0.1) is 11.8 Å². The second-order valence-corrected chi connectivity index (χ2v) is 14.0. The number of unbranched alkanes of at least 4 members (excludes halogenated alkanes) is 1. The number of fused-ring (bicyclic) bond motifs is 1. The number of carbonyl (C=O) groups is 4. The first-order valence-corrected chi connectivity index (χ1v) is 17.6. The molecule has 2 aliphatic heterocycles. The van der Waals surface area contributed by atoms with Crippen LogP contribution in [0.25, 0.3) is 0 Å². The first-order valence-electron chi connectivity index (χ1n) is 17.6. The highest BCUT2D eigenvalue weighted by Crippen LogP contribution is 2.64.